The Bertz CT molecular complexity index is 1540. The number of rotatable bonds is 5. The van der Waals surface area contributed by atoms with E-state index in [1.807, 2.05) is 0 Å². The van der Waals surface area contributed by atoms with Gasteiger partial charge in [0.05, 0.1) is 0 Å². The molecule has 2 aromatic heterocycles. The van der Waals surface area contributed by atoms with Crippen LogP contribution in [0.5, 0.6) is 0 Å². The lowest BCUT2D eigenvalue weighted by atomic mass is 9.97. The van der Waals surface area contributed by atoms with Crippen molar-refractivity contribution in [2.75, 3.05) is 5.32 Å². The van der Waals surface area contributed by atoms with Gasteiger partial charge in [0.15, 0.2) is 5.82 Å². The lowest BCUT2D eigenvalue weighted by Crippen LogP contribution is -2.15. The van der Waals surface area contributed by atoms with Crippen LogP contribution in [-0.2, 0) is 19.4 Å². The van der Waals surface area contributed by atoms with E-state index in [0.717, 1.165) is 55.0 Å². The van der Waals surface area contributed by atoms with E-state index in [-0.39, 0.29) is 0 Å². The van der Waals surface area contributed by atoms with Crippen LogP contribution >= 0.6 is 12.2 Å². The van der Waals surface area contributed by atoms with Crippen molar-refractivity contribution >= 4 is 28.5 Å². The average molecular weight is 491 g/mol. The second-order valence-electron chi connectivity index (χ2n) is 9.61. The molecular weight excluding hydrogens is 460 g/mol. The molecule has 1 aliphatic heterocycles. The van der Waals surface area contributed by atoms with Crippen molar-refractivity contribution in [3.05, 3.63) is 101 Å². The van der Waals surface area contributed by atoms with Crippen molar-refractivity contribution in [3.8, 4) is 22.5 Å². The Balaban J connectivity index is 1.57. The van der Waals surface area contributed by atoms with Crippen LogP contribution in [0.1, 0.15) is 42.1 Å². The van der Waals surface area contributed by atoms with Crippen LogP contribution < -0.4 is 5.32 Å². The van der Waals surface area contributed by atoms with Crippen LogP contribution in [0.4, 0.5) is 5.69 Å². The van der Waals surface area contributed by atoms with Gasteiger partial charge in [0.25, 0.3) is 0 Å². The molecule has 0 amide bonds. The van der Waals surface area contributed by atoms with Gasteiger partial charge in [-0.3, -0.25) is 0 Å². The summed E-state index contributed by atoms with van der Waals surface area (Å²) >= 11 is 6.11. The Kier molecular flexibility index (Phi) is 5.94. The Morgan fingerprint density at radius 1 is 0.917 bits per heavy atom. The van der Waals surface area contributed by atoms with Gasteiger partial charge in [-0.1, -0.05) is 91.4 Å². The predicted molar refractivity (Wildman–Crippen MR) is 153 cm³/mol. The SMILES string of the molecule is CCc1ccc(NC(=S)c2c(-c3ccc(C)cc3)c3c4n(c(-c5ccccc5)nn24)CCCC3)cc1. The van der Waals surface area contributed by atoms with Crippen LogP contribution in [0.25, 0.3) is 28.2 Å². The van der Waals surface area contributed by atoms with E-state index >= 15 is 0 Å². The molecule has 0 bridgehead atoms. The molecule has 0 spiro atoms. The first-order chi connectivity index (χ1) is 17.6. The normalized spacial score (nSPS) is 13.1. The molecule has 1 aliphatic rings. The van der Waals surface area contributed by atoms with Gasteiger partial charge in [-0.25, -0.2) is 4.52 Å². The van der Waals surface area contributed by atoms with Crippen LogP contribution in [0.15, 0.2) is 78.9 Å². The van der Waals surface area contributed by atoms with Gasteiger partial charge < -0.3 is 9.88 Å². The molecule has 0 fully saturated rings. The molecule has 180 valence electrons. The molecule has 0 saturated carbocycles. The first kappa shape index (κ1) is 22.7. The van der Waals surface area contributed by atoms with Gasteiger partial charge in [0.2, 0.25) is 0 Å². The minimum atomic E-state index is 0.695. The molecule has 4 nitrogen and oxygen atoms in total. The monoisotopic (exact) mass is 490 g/mol. The summed E-state index contributed by atoms with van der Waals surface area (Å²) in [6, 6.07) is 27.8. The molecular formula is C31H30N4S. The summed E-state index contributed by atoms with van der Waals surface area (Å²) in [6.45, 7) is 5.25. The molecule has 0 saturated heterocycles. The fraction of sp³-hybridized carbons (Fsp3) is 0.226. The zero-order chi connectivity index (χ0) is 24.6. The smallest absolute Gasteiger partial charge is 0.162 e. The summed E-state index contributed by atoms with van der Waals surface area (Å²) in [5.41, 5.74) is 10.6. The van der Waals surface area contributed by atoms with Gasteiger partial charge in [0, 0.05) is 28.9 Å². The Morgan fingerprint density at radius 3 is 2.39 bits per heavy atom. The van der Waals surface area contributed by atoms with Crippen LogP contribution in [0.2, 0.25) is 0 Å². The summed E-state index contributed by atoms with van der Waals surface area (Å²) in [7, 11) is 0. The third-order valence-electron chi connectivity index (χ3n) is 7.19. The highest BCUT2D eigenvalue weighted by atomic mass is 32.1. The molecule has 6 rings (SSSR count). The van der Waals surface area contributed by atoms with Crippen molar-refractivity contribution in [2.45, 2.75) is 46.1 Å². The maximum Gasteiger partial charge on any atom is 0.162 e. The quantitative estimate of drug-likeness (QED) is 0.260. The molecule has 0 radical (unpaired) electrons. The molecule has 3 aromatic carbocycles. The Morgan fingerprint density at radius 2 is 1.67 bits per heavy atom. The fourth-order valence-electron chi connectivity index (χ4n) is 5.29. The zero-order valence-electron chi connectivity index (χ0n) is 20.8. The van der Waals surface area contributed by atoms with Gasteiger partial charge >= 0.3 is 0 Å². The largest absolute Gasteiger partial charge is 0.345 e. The second-order valence-corrected chi connectivity index (χ2v) is 10.0. The molecule has 36 heavy (non-hydrogen) atoms. The highest BCUT2D eigenvalue weighted by molar-refractivity contribution is 7.81. The maximum atomic E-state index is 6.11. The van der Waals surface area contributed by atoms with Gasteiger partial charge in [-0.05, 0) is 55.9 Å². The number of hydrogen-bond acceptors (Lipinski definition) is 2. The topological polar surface area (TPSA) is 34.3 Å². The molecule has 5 heteroatoms. The van der Waals surface area contributed by atoms with E-state index in [4.69, 9.17) is 17.3 Å². The predicted octanol–water partition coefficient (Wildman–Crippen LogP) is 7.46. The van der Waals surface area contributed by atoms with E-state index < -0.39 is 0 Å². The van der Waals surface area contributed by atoms with E-state index in [2.05, 4.69) is 107 Å². The number of aryl methyl sites for hydroxylation is 4. The maximum absolute atomic E-state index is 6.11. The van der Waals surface area contributed by atoms with E-state index in [9.17, 15) is 0 Å². The summed E-state index contributed by atoms with van der Waals surface area (Å²) in [5.74, 6) is 1.00. The summed E-state index contributed by atoms with van der Waals surface area (Å²) in [4.78, 5) is 0.695. The summed E-state index contributed by atoms with van der Waals surface area (Å²) < 4.78 is 4.51. The molecule has 5 aromatic rings. The average Bonchev–Trinajstić information content (AvgIpc) is 3.33. The van der Waals surface area contributed by atoms with Crippen LogP contribution in [0.3, 0.4) is 0 Å². The van der Waals surface area contributed by atoms with Crippen LogP contribution in [-0.4, -0.2) is 19.2 Å². The number of benzene rings is 3. The molecule has 0 aliphatic carbocycles. The Labute approximate surface area is 217 Å². The minimum Gasteiger partial charge on any atom is -0.345 e. The molecule has 3 heterocycles. The third kappa shape index (κ3) is 3.94. The number of thiocarbonyl (C=S) groups is 1. The number of anilines is 1. The van der Waals surface area contributed by atoms with E-state index in [1.165, 1.54) is 33.5 Å². The van der Waals surface area contributed by atoms with Crippen molar-refractivity contribution in [2.24, 2.45) is 0 Å². The highest BCUT2D eigenvalue weighted by Crippen LogP contribution is 2.38. The third-order valence-corrected chi connectivity index (χ3v) is 7.49. The van der Waals surface area contributed by atoms with Gasteiger partial charge in [-0.15, -0.1) is 5.10 Å². The van der Waals surface area contributed by atoms with Crippen LogP contribution in [0, 0.1) is 6.92 Å². The van der Waals surface area contributed by atoms with E-state index in [0.29, 0.717) is 4.99 Å². The van der Waals surface area contributed by atoms with Gasteiger partial charge in [0.1, 0.15) is 16.3 Å². The minimum absolute atomic E-state index is 0.695. The van der Waals surface area contributed by atoms with Crippen molar-refractivity contribution in [3.63, 3.8) is 0 Å². The van der Waals surface area contributed by atoms with E-state index in [1.54, 1.807) is 0 Å². The summed E-state index contributed by atoms with van der Waals surface area (Å²) in [5, 5.41) is 8.73. The van der Waals surface area contributed by atoms with Crippen molar-refractivity contribution in [1.82, 2.24) is 14.2 Å². The second kappa shape index (κ2) is 9.40. The molecule has 0 unspecified atom stereocenters. The summed E-state index contributed by atoms with van der Waals surface area (Å²) in [6.07, 6.45) is 4.31. The molecule has 1 N–H and O–H groups in total. The van der Waals surface area contributed by atoms with Crippen molar-refractivity contribution < 1.29 is 0 Å². The number of aromatic nitrogens is 3. The number of nitrogens with zero attached hydrogens (tertiary/aromatic N) is 3. The van der Waals surface area contributed by atoms with Crippen molar-refractivity contribution in [1.29, 1.82) is 0 Å². The molecule has 0 atom stereocenters. The van der Waals surface area contributed by atoms with Gasteiger partial charge in [-0.2, -0.15) is 0 Å². The first-order valence-electron chi connectivity index (χ1n) is 12.8. The Hall–Kier alpha value is -3.70. The number of hydrogen-bond donors (Lipinski definition) is 1. The highest BCUT2D eigenvalue weighted by Gasteiger charge is 2.29. The fourth-order valence-corrected chi connectivity index (χ4v) is 5.60. The zero-order valence-corrected chi connectivity index (χ0v) is 21.6. The lowest BCUT2D eigenvalue weighted by molar-refractivity contribution is 0.645. The number of nitrogens with one attached hydrogen (secondary N) is 1. The first-order valence-corrected chi connectivity index (χ1v) is 13.2. The standard InChI is InChI=1S/C31H30N4S/c1-3-22-14-18-25(19-15-22)32-30(36)28-27(23-16-12-21(2)13-17-23)26-11-7-8-20-34-29(33-35(28)31(26)34)24-9-5-4-6-10-24/h4-6,9-10,12-19H,3,7-8,11,20H2,1-2H3,(H,32,36). The lowest BCUT2D eigenvalue weighted by Gasteiger charge is -2.12.